The third-order valence-corrected chi connectivity index (χ3v) is 0.795. The Hall–Kier alpha value is -1.11. The third-order valence-electron chi connectivity index (χ3n) is 0.554. The summed E-state index contributed by atoms with van der Waals surface area (Å²) < 4.78 is 26.7. The molecule has 0 rings (SSSR count). The predicted molar refractivity (Wildman–Crippen MR) is 36.1 cm³/mol. The zero-order valence-corrected chi connectivity index (χ0v) is 6.88. The zero-order valence-electron chi connectivity index (χ0n) is 6.07. The molecule has 0 saturated carbocycles. The van der Waals surface area contributed by atoms with Gasteiger partial charge in [-0.05, 0) is 18.3 Å². The van der Waals surface area contributed by atoms with E-state index in [1.54, 1.807) is 19.3 Å². The first-order valence-electron chi connectivity index (χ1n) is 2.79. The second kappa shape index (κ2) is 4.67. The summed E-state index contributed by atoms with van der Waals surface area (Å²) in [6.45, 7) is 3.27. The molecule has 64 valence electrons. The largest absolute Gasteiger partial charge is 0.446 e. The van der Waals surface area contributed by atoms with E-state index in [0.29, 0.717) is 0 Å². The lowest BCUT2D eigenvalue weighted by Crippen LogP contribution is -2.21. The molecule has 0 aromatic carbocycles. The summed E-state index contributed by atoms with van der Waals surface area (Å²) in [6, 6.07) is 0. The molecule has 6 nitrogen and oxygen atoms in total. The molecule has 0 aliphatic carbocycles. The summed E-state index contributed by atoms with van der Waals surface area (Å²) in [4.78, 5) is 10.5. The molecule has 0 saturated heterocycles. The fourth-order valence-electron chi connectivity index (χ4n) is 0.315. The van der Waals surface area contributed by atoms with Crippen LogP contribution in [0.4, 0.5) is 4.79 Å². The third kappa shape index (κ3) is 6.78. The van der Waals surface area contributed by atoms with Crippen molar-refractivity contribution >= 4 is 16.6 Å². The molecule has 0 aromatic heterocycles. The first kappa shape index (κ1) is 9.89. The van der Waals surface area contributed by atoms with Crippen molar-refractivity contribution in [1.82, 2.24) is 5.43 Å². The van der Waals surface area contributed by atoms with Crippen LogP contribution in [0.5, 0.6) is 0 Å². The number of nitrogens with one attached hydrogen (secondary N) is 1. The Morgan fingerprint density at radius 2 is 2.09 bits per heavy atom. The minimum absolute atomic E-state index is 0.301. The normalized spacial score (nSPS) is 9.00. The van der Waals surface area contributed by atoms with Gasteiger partial charge in [-0.2, -0.15) is 13.8 Å². The maximum Gasteiger partial charge on any atom is 0.428 e. The quantitative estimate of drug-likeness (QED) is 0.610. The van der Waals surface area contributed by atoms with Gasteiger partial charge in [0.25, 0.3) is 0 Å². The number of rotatable bonds is 2. The fraction of sp³-hybridized carbons (Fsp3) is 0.750. The minimum atomic E-state index is -2.64. The van der Waals surface area contributed by atoms with Crippen LogP contribution < -0.4 is 5.43 Å². The Morgan fingerprint density at radius 3 is 2.45 bits per heavy atom. The average molecular weight is 180 g/mol. The van der Waals surface area contributed by atoms with Gasteiger partial charge in [-0.1, -0.05) is 0 Å². The lowest BCUT2D eigenvalue weighted by atomic mass is 10.5. The van der Waals surface area contributed by atoms with Crippen LogP contribution in [0, 0.1) is 0 Å². The van der Waals surface area contributed by atoms with E-state index in [9.17, 15) is 13.2 Å². The summed E-state index contributed by atoms with van der Waals surface area (Å²) in [5, 5.41) is 0. The summed E-state index contributed by atoms with van der Waals surface area (Å²) in [5.41, 5.74) is 1.66. The Labute approximate surface area is 65.2 Å². The van der Waals surface area contributed by atoms with E-state index in [0.717, 1.165) is 0 Å². The number of carbonyl (C=O) groups excluding carboxylic acids is 1. The molecule has 0 unspecified atom stereocenters. The standard InChI is InChI=1S/C4H8N2O4S/c1-3(2)10-4(7)5-6-11(8)9/h3H,1-2H3,(H,5,7). The molecule has 0 aliphatic rings. The van der Waals surface area contributed by atoms with Gasteiger partial charge in [0.15, 0.2) is 0 Å². The van der Waals surface area contributed by atoms with Crippen LogP contribution in [-0.4, -0.2) is 20.6 Å². The summed E-state index contributed by atoms with van der Waals surface area (Å²) in [7, 11) is -2.64. The van der Waals surface area contributed by atoms with Crippen molar-refractivity contribution < 1.29 is 17.9 Å². The SMILES string of the molecule is CC(C)OC(=O)NN=S(=O)=O. The molecule has 0 atom stereocenters. The number of ether oxygens (including phenoxy) is 1. The van der Waals surface area contributed by atoms with Crippen molar-refractivity contribution in [2.24, 2.45) is 4.47 Å². The Bertz CT molecular complexity index is 247. The highest BCUT2D eigenvalue weighted by Gasteiger charge is 2.01. The van der Waals surface area contributed by atoms with Crippen molar-refractivity contribution in [3.63, 3.8) is 0 Å². The summed E-state index contributed by atoms with van der Waals surface area (Å²) in [5.74, 6) is 0. The molecule has 0 spiro atoms. The molecular weight excluding hydrogens is 172 g/mol. The van der Waals surface area contributed by atoms with Gasteiger partial charge in [0.2, 0.25) is 0 Å². The molecule has 1 N–H and O–H groups in total. The Balaban J connectivity index is 3.81. The highest BCUT2D eigenvalue weighted by atomic mass is 32.2. The Morgan fingerprint density at radius 1 is 1.55 bits per heavy atom. The van der Waals surface area contributed by atoms with Crippen LogP contribution in [0.15, 0.2) is 4.47 Å². The number of hydrogen-bond donors (Lipinski definition) is 1. The van der Waals surface area contributed by atoms with Gasteiger partial charge in [-0.15, -0.1) is 0 Å². The van der Waals surface area contributed by atoms with Crippen LogP contribution in [0.1, 0.15) is 13.8 Å². The van der Waals surface area contributed by atoms with E-state index in [2.05, 4.69) is 9.21 Å². The van der Waals surface area contributed by atoms with E-state index in [1.165, 1.54) is 0 Å². The van der Waals surface area contributed by atoms with Crippen molar-refractivity contribution in [3.05, 3.63) is 0 Å². The van der Waals surface area contributed by atoms with E-state index < -0.39 is 16.6 Å². The number of hydrogen-bond acceptors (Lipinski definition) is 5. The topological polar surface area (TPSA) is 84.8 Å². The number of carbonyl (C=O) groups is 1. The summed E-state index contributed by atoms with van der Waals surface area (Å²) in [6.07, 6.45) is -1.19. The molecule has 0 aromatic rings. The van der Waals surface area contributed by atoms with Gasteiger partial charge in [0.1, 0.15) is 0 Å². The van der Waals surface area contributed by atoms with E-state index in [4.69, 9.17) is 0 Å². The van der Waals surface area contributed by atoms with Crippen LogP contribution in [0.2, 0.25) is 0 Å². The lowest BCUT2D eigenvalue weighted by Gasteiger charge is -2.04. The van der Waals surface area contributed by atoms with Crippen molar-refractivity contribution in [2.45, 2.75) is 20.0 Å². The monoisotopic (exact) mass is 180 g/mol. The highest BCUT2D eigenvalue weighted by molar-refractivity contribution is 7.61. The lowest BCUT2D eigenvalue weighted by molar-refractivity contribution is 0.116. The van der Waals surface area contributed by atoms with Gasteiger partial charge >= 0.3 is 16.6 Å². The van der Waals surface area contributed by atoms with Crippen molar-refractivity contribution in [2.75, 3.05) is 0 Å². The van der Waals surface area contributed by atoms with E-state index >= 15 is 0 Å². The van der Waals surface area contributed by atoms with Crippen molar-refractivity contribution in [1.29, 1.82) is 0 Å². The molecule has 0 aliphatic heterocycles. The second-order valence-corrected chi connectivity index (χ2v) is 2.49. The number of nitrogens with zero attached hydrogens (tertiary/aromatic N) is 1. The summed E-state index contributed by atoms with van der Waals surface area (Å²) >= 11 is 0. The first-order chi connectivity index (χ1) is 5.02. The molecule has 0 fully saturated rings. The predicted octanol–water partition coefficient (Wildman–Crippen LogP) is 0.0987. The van der Waals surface area contributed by atoms with Crippen molar-refractivity contribution in [3.8, 4) is 0 Å². The highest BCUT2D eigenvalue weighted by Crippen LogP contribution is 1.86. The van der Waals surface area contributed by atoms with E-state index in [-0.39, 0.29) is 6.10 Å². The molecule has 11 heavy (non-hydrogen) atoms. The molecular formula is C4H8N2O4S. The zero-order chi connectivity index (χ0) is 8.85. The first-order valence-corrected chi connectivity index (χ1v) is 3.82. The minimum Gasteiger partial charge on any atom is -0.446 e. The average Bonchev–Trinajstić information content (AvgIpc) is 1.82. The molecule has 0 radical (unpaired) electrons. The van der Waals surface area contributed by atoms with Crippen LogP contribution >= 0.6 is 0 Å². The molecule has 0 heterocycles. The second-order valence-electron chi connectivity index (χ2n) is 1.87. The maximum atomic E-state index is 10.5. The smallest absolute Gasteiger partial charge is 0.428 e. The molecule has 0 bridgehead atoms. The fourth-order valence-corrected chi connectivity index (χ4v) is 0.464. The van der Waals surface area contributed by atoms with Crippen LogP contribution in [0.3, 0.4) is 0 Å². The van der Waals surface area contributed by atoms with Gasteiger partial charge in [-0.25, -0.2) is 4.79 Å². The van der Waals surface area contributed by atoms with Crippen LogP contribution in [-0.2, 0) is 15.2 Å². The van der Waals surface area contributed by atoms with Gasteiger partial charge in [0, 0.05) is 0 Å². The van der Waals surface area contributed by atoms with Gasteiger partial charge in [-0.3, -0.25) is 0 Å². The molecule has 1 amide bonds. The molecule has 7 heteroatoms. The van der Waals surface area contributed by atoms with Gasteiger partial charge < -0.3 is 4.74 Å². The Kier molecular flexibility index (Phi) is 4.20. The van der Waals surface area contributed by atoms with Crippen LogP contribution in [0.25, 0.3) is 0 Å². The van der Waals surface area contributed by atoms with Gasteiger partial charge in [0.05, 0.1) is 6.10 Å². The van der Waals surface area contributed by atoms with E-state index in [1.807, 2.05) is 0 Å². The number of amides is 1. The maximum absolute atomic E-state index is 10.5.